The summed E-state index contributed by atoms with van der Waals surface area (Å²) >= 11 is 2.14. The maximum Gasteiger partial charge on any atom is 0.352 e. The first-order valence-electron chi connectivity index (χ1n) is 16.1. The summed E-state index contributed by atoms with van der Waals surface area (Å²) in [6, 6.07) is 4.72. The standard InChI is InChI=1S/C33H28N8O13S2/c1-13(42)53-21-7-18-20(8-22(21)54-14(2)43)34-9-19(27(18)47)28(48)35-24(15-3-5-17(44)6-4-15)29(49)36-25-30(50)41-26(32(51)52)16(11-55-31(25)41)12-56-33-37-38-39-40(33)10-23(45)46/h3-9,24-25,31,44H,10-12H2,1-2H3,(H,34,47)(H,35,48)(H,36,49)(H,45,46)(H,51,52)/t24?,25-,31+/m1/s1. The molecule has 6 rings (SSSR count). The van der Waals surface area contributed by atoms with Crippen LogP contribution in [0.25, 0.3) is 10.9 Å². The van der Waals surface area contributed by atoms with Gasteiger partial charge < -0.3 is 40.4 Å². The first-order valence-corrected chi connectivity index (χ1v) is 18.1. The van der Waals surface area contributed by atoms with Gasteiger partial charge in [-0.2, -0.15) is 0 Å². The Labute approximate surface area is 321 Å². The number of amides is 3. The second-order valence-electron chi connectivity index (χ2n) is 12.0. The Morgan fingerprint density at radius 3 is 2.36 bits per heavy atom. The van der Waals surface area contributed by atoms with Gasteiger partial charge in [0.2, 0.25) is 16.5 Å². The summed E-state index contributed by atoms with van der Waals surface area (Å²) in [4.78, 5) is 105. The van der Waals surface area contributed by atoms with Gasteiger partial charge in [-0.25, -0.2) is 9.48 Å². The molecule has 290 valence electrons. The number of carbonyl (C=O) groups is 7. The number of tetrazole rings is 1. The van der Waals surface area contributed by atoms with E-state index in [2.05, 4.69) is 31.1 Å². The van der Waals surface area contributed by atoms with E-state index in [0.717, 1.165) is 59.2 Å². The first-order chi connectivity index (χ1) is 26.6. The molecule has 1 saturated heterocycles. The molecule has 4 heterocycles. The van der Waals surface area contributed by atoms with E-state index in [4.69, 9.17) is 14.6 Å². The molecule has 0 radical (unpaired) electrons. The van der Waals surface area contributed by atoms with Crippen molar-refractivity contribution in [3.05, 3.63) is 75.2 Å². The molecule has 2 aliphatic rings. The lowest BCUT2D eigenvalue weighted by atomic mass is 10.0. The second kappa shape index (κ2) is 15.9. The number of hydrogen-bond donors (Lipinski definition) is 6. The van der Waals surface area contributed by atoms with Crippen LogP contribution in [0.5, 0.6) is 17.2 Å². The summed E-state index contributed by atoms with van der Waals surface area (Å²) in [5, 5.41) is 44.0. The number of carboxylic acids is 2. The number of thioether (sulfide) groups is 2. The van der Waals surface area contributed by atoms with E-state index < -0.39 is 76.6 Å². The summed E-state index contributed by atoms with van der Waals surface area (Å²) in [6.07, 6.45) is 1.06. The SMILES string of the molecule is CC(=O)Oc1cc2[nH]cc(C(=O)NC(C(=O)N[C@@H]3C(=O)N4C(C(=O)O)=C(CSc5nnnn5CC(=O)O)CS[C@@H]34)c3ccc(O)cc3)c(=O)c2cc1OC(C)=O. The highest BCUT2D eigenvalue weighted by Gasteiger charge is 2.54. The molecule has 21 nitrogen and oxygen atoms in total. The molecule has 0 saturated carbocycles. The topological polar surface area (TPSA) is 302 Å². The largest absolute Gasteiger partial charge is 0.508 e. The average molecular weight is 809 g/mol. The van der Waals surface area contributed by atoms with Gasteiger partial charge >= 0.3 is 23.9 Å². The summed E-state index contributed by atoms with van der Waals surface area (Å²) < 4.78 is 11.2. The van der Waals surface area contributed by atoms with Crippen LogP contribution >= 0.6 is 23.5 Å². The van der Waals surface area contributed by atoms with E-state index in [-0.39, 0.29) is 56.1 Å². The number of phenolic OH excluding ortho intramolecular Hbond substituents is 1. The lowest BCUT2D eigenvalue weighted by Gasteiger charge is -2.49. The minimum atomic E-state index is -1.55. The van der Waals surface area contributed by atoms with Gasteiger partial charge in [-0.3, -0.25) is 38.5 Å². The third-order valence-corrected chi connectivity index (χ3v) is 10.6. The maximum atomic E-state index is 13.9. The fraction of sp³-hybridized carbons (Fsp3) is 0.242. The Kier molecular flexibility index (Phi) is 11.1. The number of H-pyrrole nitrogens is 1. The Bertz CT molecular complexity index is 2410. The lowest BCUT2D eigenvalue weighted by molar-refractivity contribution is -0.151. The number of nitrogens with zero attached hydrogens (tertiary/aromatic N) is 5. The van der Waals surface area contributed by atoms with Crippen molar-refractivity contribution in [3.63, 3.8) is 0 Å². The second-order valence-corrected chi connectivity index (χ2v) is 14.1. The summed E-state index contributed by atoms with van der Waals surface area (Å²) in [5.74, 6) is -7.32. The monoisotopic (exact) mass is 808 g/mol. The average Bonchev–Trinajstić information content (AvgIpc) is 3.57. The molecule has 2 aromatic heterocycles. The fourth-order valence-electron chi connectivity index (χ4n) is 5.75. The van der Waals surface area contributed by atoms with Crippen molar-refractivity contribution in [3.8, 4) is 17.2 Å². The molecule has 23 heteroatoms. The van der Waals surface area contributed by atoms with Crippen LogP contribution in [0.3, 0.4) is 0 Å². The number of nitrogens with one attached hydrogen (secondary N) is 3. The van der Waals surface area contributed by atoms with Gasteiger partial charge in [0.05, 0.1) is 10.9 Å². The molecule has 0 bridgehead atoms. The number of aromatic amines is 1. The molecule has 3 atom stereocenters. The van der Waals surface area contributed by atoms with Crippen molar-refractivity contribution in [1.29, 1.82) is 0 Å². The molecule has 1 unspecified atom stereocenters. The van der Waals surface area contributed by atoms with E-state index in [0.29, 0.717) is 5.57 Å². The Balaban J connectivity index is 1.23. The Morgan fingerprint density at radius 1 is 1.04 bits per heavy atom. The molecule has 0 spiro atoms. The van der Waals surface area contributed by atoms with Crippen LogP contribution in [-0.2, 0) is 35.3 Å². The highest BCUT2D eigenvalue weighted by Crippen LogP contribution is 2.42. The number of aromatic hydroxyl groups is 1. The van der Waals surface area contributed by atoms with Gasteiger partial charge in [0.25, 0.3) is 11.8 Å². The van der Waals surface area contributed by atoms with Gasteiger partial charge in [-0.05, 0) is 39.8 Å². The van der Waals surface area contributed by atoms with Crippen LogP contribution in [0, 0.1) is 0 Å². The number of esters is 2. The number of carboxylic acid groups (broad SMARTS) is 2. The quantitative estimate of drug-likeness (QED) is 0.0453. The van der Waals surface area contributed by atoms with Crippen molar-refractivity contribution in [2.24, 2.45) is 0 Å². The number of β-lactam (4-membered cyclic amide) rings is 1. The van der Waals surface area contributed by atoms with Crippen LogP contribution in [0.15, 0.2) is 63.8 Å². The number of aromatic nitrogens is 5. The third-order valence-electron chi connectivity index (χ3n) is 8.17. The van der Waals surface area contributed by atoms with Crippen molar-refractivity contribution in [2.75, 3.05) is 11.5 Å². The Morgan fingerprint density at radius 2 is 1.71 bits per heavy atom. The van der Waals surface area contributed by atoms with Crippen molar-refractivity contribution in [1.82, 2.24) is 40.7 Å². The number of ether oxygens (including phenoxy) is 2. The number of hydrogen-bond acceptors (Lipinski definition) is 16. The molecular formula is C33H28N8O13S2. The molecule has 4 aromatic rings. The minimum absolute atomic E-state index is 0.00341. The zero-order valence-corrected chi connectivity index (χ0v) is 30.5. The van der Waals surface area contributed by atoms with Crippen molar-refractivity contribution < 1.29 is 58.4 Å². The first kappa shape index (κ1) is 39.0. The predicted octanol–water partition coefficient (Wildman–Crippen LogP) is 0.157. The highest BCUT2D eigenvalue weighted by atomic mass is 32.2. The van der Waals surface area contributed by atoms with Crippen LogP contribution in [0.4, 0.5) is 0 Å². The number of carbonyl (C=O) groups excluding carboxylic acids is 5. The maximum absolute atomic E-state index is 13.9. The molecule has 1 fully saturated rings. The smallest absolute Gasteiger partial charge is 0.352 e. The molecule has 3 amide bonds. The van der Waals surface area contributed by atoms with E-state index in [1.54, 1.807) is 0 Å². The minimum Gasteiger partial charge on any atom is -0.508 e. The third kappa shape index (κ3) is 8.02. The van der Waals surface area contributed by atoms with Crippen molar-refractivity contribution in [2.45, 2.75) is 43.0 Å². The van der Waals surface area contributed by atoms with Gasteiger partial charge in [0.1, 0.15) is 41.0 Å². The van der Waals surface area contributed by atoms with Gasteiger partial charge in [-0.15, -0.1) is 16.9 Å². The van der Waals surface area contributed by atoms with Gasteiger partial charge in [0, 0.05) is 37.6 Å². The number of phenols is 1. The van der Waals surface area contributed by atoms with Crippen LogP contribution in [0.2, 0.25) is 0 Å². The summed E-state index contributed by atoms with van der Waals surface area (Å²) in [5.41, 5.74) is -1.07. The number of benzene rings is 2. The summed E-state index contributed by atoms with van der Waals surface area (Å²) in [7, 11) is 0. The van der Waals surface area contributed by atoms with E-state index in [1.807, 2.05) is 0 Å². The zero-order valence-electron chi connectivity index (χ0n) is 28.9. The molecular weight excluding hydrogens is 781 g/mol. The van der Waals surface area contributed by atoms with Gasteiger partial charge in [-0.1, -0.05) is 23.9 Å². The number of rotatable bonds is 13. The van der Waals surface area contributed by atoms with Crippen LogP contribution in [-0.4, -0.2) is 110 Å². The van der Waals surface area contributed by atoms with E-state index in [1.165, 1.54) is 30.3 Å². The number of aliphatic carboxylic acids is 2. The number of fused-ring (bicyclic) bond motifs is 2. The molecule has 2 aliphatic heterocycles. The zero-order chi connectivity index (χ0) is 40.4. The molecule has 2 aromatic carbocycles. The molecule has 6 N–H and O–H groups in total. The highest BCUT2D eigenvalue weighted by molar-refractivity contribution is 8.01. The lowest BCUT2D eigenvalue weighted by Crippen LogP contribution is -2.71. The normalized spacial score (nSPS) is 16.7. The Hall–Kier alpha value is -6.75. The predicted molar refractivity (Wildman–Crippen MR) is 191 cm³/mol. The van der Waals surface area contributed by atoms with E-state index in [9.17, 15) is 48.6 Å². The summed E-state index contributed by atoms with van der Waals surface area (Å²) in [6.45, 7) is 1.69. The molecule has 0 aliphatic carbocycles. The van der Waals surface area contributed by atoms with Gasteiger partial charge in [0.15, 0.2) is 11.5 Å². The number of pyridine rings is 1. The van der Waals surface area contributed by atoms with Crippen LogP contribution < -0.4 is 25.5 Å². The van der Waals surface area contributed by atoms with Crippen LogP contribution in [0.1, 0.15) is 35.8 Å². The fourth-order valence-corrected chi connectivity index (χ4v) is 8.11. The molecule has 56 heavy (non-hydrogen) atoms. The van der Waals surface area contributed by atoms with E-state index >= 15 is 0 Å². The van der Waals surface area contributed by atoms with Crippen molar-refractivity contribution >= 4 is 76.0 Å².